The van der Waals surface area contributed by atoms with E-state index in [1.165, 1.54) is 0 Å². The second-order valence-corrected chi connectivity index (χ2v) is 5.37. The Morgan fingerprint density at radius 2 is 2.25 bits per heavy atom. The molecule has 1 N–H and O–H groups in total. The highest BCUT2D eigenvalue weighted by atomic mass is 79.9. The van der Waals surface area contributed by atoms with Crippen LogP contribution in [0.4, 0.5) is 5.69 Å². The molecule has 6 heteroatoms. The van der Waals surface area contributed by atoms with Crippen LogP contribution in [0.15, 0.2) is 35.1 Å². The Morgan fingerprint density at radius 1 is 1.45 bits per heavy atom. The van der Waals surface area contributed by atoms with Crippen LogP contribution in [0.5, 0.6) is 0 Å². The molecule has 0 aliphatic carbocycles. The first-order valence-electron chi connectivity index (χ1n) is 6.18. The van der Waals surface area contributed by atoms with E-state index in [0.717, 1.165) is 10.0 Å². The van der Waals surface area contributed by atoms with Crippen LogP contribution in [0.2, 0.25) is 0 Å². The van der Waals surface area contributed by atoms with Gasteiger partial charge in [-0.3, -0.25) is 9.48 Å². The lowest BCUT2D eigenvalue weighted by Crippen LogP contribution is -2.11. The fourth-order valence-corrected chi connectivity index (χ4v) is 2.41. The minimum absolute atomic E-state index is 0.152. The zero-order valence-electron chi connectivity index (χ0n) is 11.4. The first-order valence-corrected chi connectivity index (χ1v) is 6.98. The summed E-state index contributed by atoms with van der Waals surface area (Å²) in [4.78, 5) is 12.1. The van der Waals surface area contributed by atoms with Crippen LogP contribution in [0.3, 0.4) is 0 Å². The SMILES string of the molecule is COCCn1cc(NC(=O)c2cc(C)cc(Br)c2)cn1. The number of nitrogens with zero attached hydrogens (tertiary/aromatic N) is 2. The molecule has 2 aromatic rings. The third-order valence-electron chi connectivity index (χ3n) is 2.72. The zero-order valence-corrected chi connectivity index (χ0v) is 13.0. The molecule has 0 unspecified atom stereocenters. The molecule has 106 valence electrons. The van der Waals surface area contributed by atoms with E-state index in [0.29, 0.717) is 24.4 Å². The number of aromatic nitrogens is 2. The van der Waals surface area contributed by atoms with Crippen LogP contribution < -0.4 is 5.32 Å². The molecule has 1 aromatic carbocycles. The maximum absolute atomic E-state index is 12.1. The molecule has 0 atom stereocenters. The van der Waals surface area contributed by atoms with Crippen molar-refractivity contribution in [1.29, 1.82) is 0 Å². The fraction of sp³-hybridized carbons (Fsp3) is 0.286. The van der Waals surface area contributed by atoms with Crippen LogP contribution in [-0.4, -0.2) is 29.4 Å². The Hall–Kier alpha value is -1.66. The molecule has 0 spiro atoms. The molecule has 5 nitrogen and oxygen atoms in total. The maximum Gasteiger partial charge on any atom is 0.255 e. The summed E-state index contributed by atoms with van der Waals surface area (Å²) in [5.41, 5.74) is 2.31. The van der Waals surface area contributed by atoms with Gasteiger partial charge in [-0.2, -0.15) is 5.10 Å². The number of hydrogen-bond donors (Lipinski definition) is 1. The molecular weight excluding hydrogens is 322 g/mol. The third kappa shape index (κ3) is 3.91. The molecule has 0 radical (unpaired) electrons. The van der Waals surface area contributed by atoms with Crippen molar-refractivity contribution in [1.82, 2.24) is 9.78 Å². The van der Waals surface area contributed by atoms with Crippen LogP contribution >= 0.6 is 15.9 Å². The van der Waals surface area contributed by atoms with Gasteiger partial charge in [0.2, 0.25) is 0 Å². The summed E-state index contributed by atoms with van der Waals surface area (Å²) >= 11 is 3.39. The second kappa shape index (κ2) is 6.67. The minimum atomic E-state index is -0.152. The van der Waals surface area contributed by atoms with Gasteiger partial charge in [0.05, 0.1) is 25.0 Å². The van der Waals surface area contributed by atoms with Gasteiger partial charge in [-0.25, -0.2) is 0 Å². The number of anilines is 1. The lowest BCUT2D eigenvalue weighted by atomic mass is 10.1. The quantitative estimate of drug-likeness (QED) is 0.912. The highest BCUT2D eigenvalue weighted by molar-refractivity contribution is 9.10. The number of amides is 1. The van der Waals surface area contributed by atoms with Crippen molar-refractivity contribution >= 4 is 27.5 Å². The molecule has 1 amide bonds. The van der Waals surface area contributed by atoms with E-state index in [9.17, 15) is 4.79 Å². The molecule has 1 aromatic heterocycles. The lowest BCUT2D eigenvalue weighted by Gasteiger charge is -2.04. The summed E-state index contributed by atoms with van der Waals surface area (Å²) in [6, 6.07) is 5.59. The number of carbonyl (C=O) groups is 1. The number of benzene rings is 1. The summed E-state index contributed by atoms with van der Waals surface area (Å²) in [5, 5.41) is 6.97. The summed E-state index contributed by atoms with van der Waals surface area (Å²) in [6.07, 6.45) is 3.40. The predicted octanol–water partition coefficient (Wildman–Crippen LogP) is 2.85. The molecule has 2 rings (SSSR count). The van der Waals surface area contributed by atoms with Crippen LogP contribution in [-0.2, 0) is 11.3 Å². The van der Waals surface area contributed by atoms with Gasteiger partial charge in [-0.05, 0) is 30.7 Å². The standard InChI is InChI=1S/C14H16BrN3O2/c1-10-5-11(7-12(15)6-10)14(19)17-13-8-16-18(9-13)3-4-20-2/h5-9H,3-4H2,1-2H3,(H,17,19). The van der Waals surface area contributed by atoms with Gasteiger partial charge in [0.25, 0.3) is 5.91 Å². The zero-order chi connectivity index (χ0) is 14.5. The van der Waals surface area contributed by atoms with Gasteiger partial charge in [0, 0.05) is 23.3 Å². The maximum atomic E-state index is 12.1. The fourth-order valence-electron chi connectivity index (χ4n) is 1.81. The van der Waals surface area contributed by atoms with Crippen molar-refractivity contribution in [3.8, 4) is 0 Å². The molecule has 0 saturated carbocycles. The summed E-state index contributed by atoms with van der Waals surface area (Å²) in [6.45, 7) is 3.19. The van der Waals surface area contributed by atoms with Crippen molar-refractivity contribution in [2.75, 3.05) is 19.0 Å². The smallest absolute Gasteiger partial charge is 0.255 e. The van der Waals surface area contributed by atoms with Crippen molar-refractivity contribution in [3.63, 3.8) is 0 Å². The molecule has 0 saturated heterocycles. The predicted molar refractivity (Wildman–Crippen MR) is 80.9 cm³/mol. The first-order chi connectivity index (χ1) is 9.58. The molecule has 0 aliphatic rings. The van der Waals surface area contributed by atoms with E-state index < -0.39 is 0 Å². The molecule has 20 heavy (non-hydrogen) atoms. The van der Waals surface area contributed by atoms with Gasteiger partial charge in [-0.1, -0.05) is 15.9 Å². The monoisotopic (exact) mass is 337 g/mol. The lowest BCUT2D eigenvalue weighted by molar-refractivity contribution is 0.102. The normalized spacial score (nSPS) is 10.6. The first kappa shape index (κ1) is 14.7. The van der Waals surface area contributed by atoms with E-state index >= 15 is 0 Å². The molecule has 1 heterocycles. The summed E-state index contributed by atoms with van der Waals surface area (Å²) < 4.78 is 7.59. The summed E-state index contributed by atoms with van der Waals surface area (Å²) in [7, 11) is 1.64. The van der Waals surface area contributed by atoms with Gasteiger partial charge in [0.15, 0.2) is 0 Å². The highest BCUT2D eigenvalue weighted by Gasteiger charge is 2.09. The number of ether oxygens (including phenoxy) is 1. The number of methoxy groups -OCH3 is 1. The number of hydrogen-bond acceptors (Lipinski definition) is 3. The topological polar surface area (TPSA) is 56.1 Å². The van der Waals surface area contributed by atoms with Gasteiger partial charge in [-0.15, -0.1) is 0 Å². The number of halogens is 1. The average Bonchev–Trinajstić information content (AvgIpc) is 2.82. The Balaban J connectivity index is 2.05. The van der Waals surface area contributed by atoms with Gasteiger partial charge >= 0.3 is 0 Å². The second-order valence-electron chi connectivity index (χ2n) is 4.46. The van der Waals surface area contributed by atoms with Crippen molar-refractivity contribution < 1.29 is 9.53 Å². The van der Waals surface area contributed by atoms with Crippen LogP contribution in [0.25, 0.3) is 0 Å². The Bertz CT molecular complexity index is 590. The van der Waals surface area contributed by atoms with E-state index in [-0.39, 0.29) is 5.91 Å². The number of aryl methyl sites for hydroxylation is 1. The Kier molecular flexibility index (Phi) is 4.92. The molecular formula is C14H16BrN3O2. The highest BCUT2D eigenvalue weighted by Crippen LogP contribution is 2.16. The van der Waals surface area contributed by atoms with E-state index in [1.54, 1.807) is 30.3 Å². The van der Waals surface area contributed by atoms with Crippen LogP contribution in [0, 0.1) is 6.92 Å². The number of carbonyl (C=O) groups excluding carboxylic acids is 1. The van der Waals surface area contributed by atoms with Crippen molar-refractivity contribution in [2.24, 2.45) is 0 Å². The number of rotatable bonds is 5. The van der Waals surface area contributed by atoms with Gasteiger partial charge < -0.3 is 10.1 Å². The van der Waals surface area contributed by atoms with Crippen molar-refractivity contribution in [2.45, 2.75) is 13.5 Å². The number of nitrogens with one attached hydrogen (secondary N) is 1. The van der Waals surface area contributed by atoms with Crippen molar-refractivity contribution in [3.05, 3.63) is 46.2 Å². The Labute approximate surface area is 126 Å². The Morgan fingerprint density at radius 3 is 2.95 bits per heavy atom. The molecule has 0 aliphatic heterocycles. The molecule has 0 bridgehead atoms. The summed E-state index contributed by atoms with van der Waals surface area (Å²) in [5.74, 6) is -0.152. The third-order valence-corrected chi connectivity index (χ3v) is 3.18. The largest absolute Gasteiger partial charge is 0.383 e. The van der Waals surface area contributed by atoms with E-state index in [1.807, 2.05) is 19.1 Å². The average molecular weight is 338 g/mol. The minimum Gasteiger partial charge on any atom is -0.383 e. The van der Waals surface area contributed by atoms with Gasteiger partial charge in [0.1, 0.15) is 0 Å². The van der Waals surface area contributed by atoms with Crippen LogP contribution in [0.1, 0.15) is 15.9 Å². The van der Waals surface area contributed by atoms with E-state index in [2.05, 4.69) is 26.3 Å². The van der Waals surface area contributed by atoms with E-state index in [4.69, 9.17) is 4.74 Å². The molecule has 0 fully saturated rings.